The molecule has 0 heterocycles. The van der Waals surface area contributed by atoms with Crippen LogP contribution in [-0.4, -0.2) is 81.3 Å². The van der Waals surface area contributed by atoms with Crippen LogP contribution in [0.15, 0.2) is 0 Å². The molecule has 0 saturated carbocycles. The molecule has 0 rings (SSSR count). The fourth-order valence-corrected chi connectivity index (χ4v) is 0.333. The van der Waals surface area contributed by atoms with Crippen LogP contribution in [0.4, 0.5) is 0 Å². The summed E-state index contributed by atoms with van der Waals surface area (Å²) in [7, 11) is 6.05. The molecular formula is C12H28MnO8-4. The van der Waals surface area contributed by atoms with E-state index in [1.165, 1.54) is 28.4 Å². The zero-order chi connectivity index (χ0) is 16.5. The second-order valence-electron chi connectivity index (χ2n) is 2.79. The van der Waals surface area contributed by atoms with E-state index in [-0.39, 0.29) is 43.5 Å². The van der Waals surface area contributed by atoms with E-state index in [0.29, 0.717) is 26.4 Å². The quantitative estimate of drug-likeness (QED) is 0.403. The van der Waals surface area contributed by atoms with E-state index in [4.69, 9.17) is 0 Å². The van der Waals surface area contributed by atoms with Crippen molar-refractivity contribution in [2.45, 2.75) is 0 Å². The van der Waals surface area contributed by atoms with Gasteiger partial charge in [-0.25, -0.2) is 0 Å². The molecule has 0 aliphatic carbocycles. The molecule has 8 nitrogen and oxygen atoms in total. The van der Waals surface area contributed by atoms with Crippen molar-refractivity contribution in [2.24, 2.45) is 0 Å². The van der Waals surface area contributed by atoms with Crippen LogP contribution in [0, 0.1) is 0 Å². The molecule has 0 saturated heterocycles. The second-order valence-corrected chi connectivity index (χ2v) is 2.79. The molecule has 21 heavy (non-hydrogen) atoms. The fourth-order valence-electron chi connectivity index (χ4n) is 0.333. The molecule has 0 aromatic carbocycles. The van der Waals surface area contributed by atoms with Crippen LogP contribution < -0.4 is 20.4 Å². The first-order valence-corrected chi connectivity index (χ1v) is 5.94. The summed E-state index contributed by atoms with van der Waals surface area (Å²) >= 11 is 0. The Morgan fingerprint density at radius 3 is 0.619 bits per heavy atom. The topological polar surface area (TPSA) is 129 Å². The van der Waals surface area contributed by atoms with Crippen molar-refractivity contribution >= 4 is 0 Å². The molecule has 0 atom stereocenters. The van der Waals surface area contributed by atoms with Crippen LogP contribution in [0.1, 0.15) is 0 Å². The van der Waals surface area contributed by atoms with E-state index >= 15 is 0 Å². The molecule has 0 amide bonds. The van der Waals surface area contributed by atoms with Crippen LogP contribution in [0.5, 0.6) is 0 Å². The monoisotopic (exact) mass is 355 g/mol. The van der Waals surface area contributed by atoms with Crippen LogP contribution in [0.25, 0.3) is 0 Å². The van der Waals surface area contributed by atoms with Gasteiger partial charge in [-0.1, -0.05) is 0 Å². The molecule has 0 N–H and O–H groups in total. The van der Waals surface area contributed by atoms with E-state index in [1.807, 2.05) is 0 Å². The number of ether oxygens (including phenoxy) is 4. The Balaban J connectivity index is -0.0000000533. The molecule has 1 radical (unpaired) electrons. The molecule has 0 fully saturated rings. The third-order valence-electron chi connectivity index (χ3n) is 1.15. The van der Waals surface area contributed by atoms with Gasteiger partial charge in [-0.15, -0.1) is 26.4 Å². The molecule has 0 aromatic rings. The molecule has 0 aliphatic rings. The molecule has 0 aromatic heterocycles. The Hall–Kier alpha value is 0.199. The standard InChI is InChI=1S/4C3H7O2.Mn/c4*1-5-3-2-4;/h4*2-3H2,1H3;/q4*-1;. The van der Waals surface area contributed by atoms with Gasteiger partial charge >= 0.3 is 0 Å². The Bertz CT molecular complexity index is 79.3. The Labute approximate surface area is 138 Å². The minimum atomic E-state index is -0.128. The zero-order valence-electron chi connectivity index (χ0n) is 13.3. The Morgan fingerprint density at radius 1 is 0.476 bits per heavy atom. The van der Waals surface area contributed by atoms with E-state index in [9.17, 15) is 20.4 Å². The number of rotatable bonds is 8. The van der Waals surface area contributed by atoms with Gasteiger partial charge in [0.15, 0.2) is 0 Å². The van der Waals surface area contributed by atoms with Crippen LogP contribution >= 0.6 is 0 Å². The minimum absolute atomic E-state index is 0. The van der Waals surface area contributed by atoms with Gasteiger partial charge in [0.05, 0.1) is 0 Å². The van der Waals surface area contributed by atoms with Gasteiger partial charge in [-0.3, -0.25) is 0 Å². The summed E-state index contributed by atoms with van der Waals surface area (Å²) < 4.78 is 17.5. The maximum Gasteiger partial charge on any atom is 0.0354 e. The molecule has 0 spiro atoms. The summed E-state index contributed by atoms with van der Waals surface area (Å²) in [6.07, 6.45) is 0. The summed E-state index contributed by atoms with van der Waals surface area (Å²) in [6, 6.07) is 0. The summed E-state index contributed by atoms with van der Waals surface area (Å²) in [4.78, 5) is 0. The fraction of sp³-hybridized carbons (Fsp3) is 1.00. The van der Waals surface area contributed by atoms with Crippen LogP contribution in [0.2, 0.25) is 0 Å². The first-order chi connectivity index (χ1) is 9.66. The first kappa shape index (κ1) is 33.0. The van der Waals surface area contributed by atoms with E-state index in [2.05, 4.69) is 18.9 Å². The van der Waals surface area contributed by atoms with Crippen LogP contribution in [0.3, 0.4) is 0 Å². The molecule has 135 valence electrons. The average molecular weight is 355 g/mol. The maximum absolute atomic E-state index is 9.40. The molecule has 0 aliphatic heterocycles. The zero-order valence-corrected chi connectivity index (χ0v) is 14.5. The largest absolute Gasteiger partial charge is 0.853 e. The predicted molar refractivity (Wildman–Crippen MR) is 67.0 cm³/mol. The maximum atomic E-state index is 9.40. The smallest absolute Gasteiger partial charge is 0.0354 e. The average Bonchev–Trinajstić information content (AvgIpc) is 2.44. The van der Waals surface area contributed by atoms with Gasteiger partial charge in [0.2, 0.25) is 0 Å². The van der Waals surface area contributed by atoms with Crippen molar-refractivity contribution in [3.8, 4) is 0 Å². The van der Waals surface area contributed by atoms with Crippen molar-refractivity contribution in [2.75, 3.05) is 81.3 Å². The van der Waals surface area contributed by atoms with Crippen molar-refractivity contribution in [1.82, 2.24) is 0 Å². The minimum Gasteiger partial charge on any atom is -0.853 e. The van der Waals surface area contributed by atoms with Gasteiger partial charge in [0, 0.05) is 71.9 Å². The Kier molecular flexibility index (Phi) is 78.5. The predicted octanol–water partition coefficient (Wildman–Crippen LogP) is -4.03. The first-order valence-electron chi connectivity index (χ1n) is 5.94. The number of hydrogen-bond acceptors (Lipinski definition) is 8. The van der Waals surface area contributed by atoms with Crippen molar-refractivity contribution in [1.29, 1.82) is 0 Å². The summed E-state index contributed by atoms with van der Waals surface area (Å²) in [5.41, 5.74) is 0. The summed E-state index contributed by atoms with van der Waals surface area (Å²) in [5.74, 6) is 0. The molecule has 0 bridgehead atoms. The van der Waals surface area contributed by atoms with Crippen molar-refractivity contribution < 1.29 is 56.4 Å². The van der Waals surface area contributed by atoms with E-state index in [0.717, 1.165) is 0 Å². The number of hydrogen-bond donors (Lipinski definition) is 0. The summed E-state index contributed by atoms with van der Waals surface area (Å²) in [5, 5.41) is 37.6. The molecule has 0 unspecified atom stereocenters. The SMILES string of the molecule is COCC[O-].COCC[O-].COCC[O-].COCC[O-].[Mn]. The molecule has 9 heteroatoms. The second kappa shape index (κ2) is 50.0. The van der Waals surface area contributed by atoms with Crippen molar-refractivity contribution in [3.05, 3.63) is 0 Å². The normalized spacial score (nSPS) is 8.00. The van der Waals surface area contributed by atoms with E-state index < -0.39 is 0 Å². The van der Waals surface area contributed by atoms with Crippen LogP contribution in [-0.2, 0) is 36.0 Å². The molecular weight excluding hydrogens is 327 g/mol. The third-order valence-corrected chi connectivity index (χ3v) is 1.15. The number of methoxy groups -OCH3 is 4. The Morgan fingerprint density at radius 2 is 0.619 bits per heavy atom. The van der Waals surface area contributed by atoms with Crippen molar-refractivity contribution in [3.63, 3.8) is 0 Å². The van der Waals surface area contributed by atoms with Gasteiger partial charge in [0.1, 0.15) is 0 Å². The van der Waals surface area contributed by atoms with E-state index in [1.54, 1.807) is 0 Å². The van der Waals surface area contributed by atoms with Gasteiger partial charge in [0.25, 0.3) is 0 Å². The van der Waals surface area contributed by atoms with Gasteiger partial charge < -0.3 is 39.4 Å². The van der Waals surface area contributed by atoms with Gasteiger partial charge in [-0.05, 0) is 0 Å². The van der Waals surface area contributed by atoms with Gasteiger partial charge in [-0.2, -0.15) is 0 Å². The third kappa shape index (κ3) is 99.5. The summed E-state index contributed by atoms with van der Waals surface area (Å²) in [6.45, 7) is 0.819.